The van der Waals surface area contributed by atoms with Gasteiger partial charge < -0.3 is 4.65 Å². The van der Waals surface area contributed by atoms with Gasteiger partial charge in [0.25, 0.3) is 0 Å². The zero-order chi connectivity index (χ0) is 7.83. The molecule has 0 atom stereocenters. The maximum Gasteiger partial charge on any atom is 0.115 e. The summed E-state index contributed by atoms with van der Waals surface area (Å²) in [7, 11) is -1.77. The molecule has 0 aliphatic carbocycles. The second-order valence-electron chi connectivity index (χ2n) is 4.79. The molecule has 1 rings (SSSR count). The maximum absolute atomic E-state index is 3.91. The summed E-state index contributed by atoms with van der Waals surface area (Å²) in [6.07, 6.45) is 1.49. The molecule has 0 aromatic carbocycles. The molecule has 1 nitrogen and oxygen atoms in total. The lowest BCUT2D eigenvalue weighted by Crippen LogP contribution is -2.62. The minimum absolute atomic E-state index is 0.820. The van der Waals surface area contributed by atoms with E-state index in [1.165, 1.54) is 18.5 Å². The topological polar surface area (TPSA) is 12.0 Å². The van der Waals surface area contributed by atoms with Gasteiger partial charge in [-0.1, -0.05) is 32.6 Å². The molecule has 10 heavy (non-hydrogen) atoms. The molecule has 0 saturated carbocycles. The summed E-state index contributed by atoms with van der Waals surface area (Å²) >= 11 is 0. The predicted octanol–water partition coefficient (Wildman–Crippen LogP) is 2.39. The third kappa shape index (κ3) is 2.21. The van der Waals surface area contributed by atoms with Gasteiger partial charge in [-0.05, 0) is 12.1 Å². The van der Waals surface area contributed by atoms with Crippen LogP contribution >= 0.6 is 0 Å². The van der Waals surface area contributed by atoms with Crippen LogP contribution in [-0.2, 0) is 0 Å². The highest BCUT2D eigenvalue weighted by Crippen LogP contribution is 2.30. The summed E-state index contributed by atoms with van der Waals surface area (Å²) in [6.45, 7) is 9.71. The van der Waals surface area contributed by atoms with E-state index in [1.807, 2.05) is 0 Å². The first-order chi connectivity index (χ1) is 4.41. The monoisotopic (exact) mass is 173 g/mol. The van der Waals surface area contributed by atoms with Gasteiger partial charge in [-0.25, -0.2) is 0 Å². The SMILES string of the molecule is C[Si](C)(C)N[Si]1(C)CCC1. The number of nitrogens with one attached hydrogen (secondary N) is 1. The molecule has 0 aromatic heterocycles. The zero-order valence-electron chi connectivity index (χ0n) is 7.62. The molecule has 0 spiro atoms. The van der Waals surface area contributed by atoms with E-state index < -0.39 is 16.5 Å². The molecule has 0 unspecified atom stereocenters. The Morgan fingerprint density at radius 3 is 1.80 bits per heavy atom. The third-order valence-electron chi connectivity index (χ3n) is 2.13. The van der Waals surface area contributed by atoms with Gasteiger partial charge in [0.05, 0.1) is 0 Å². The second-order valence-corrected chi connectivity index (χ2v) is 14.4. The van der Waals surface area contributed by atoms with Gasteiger partial charge >= 0.3 is 0 Å². The molecular formula is C7H19NSi2. The number of rotatable bonds is 2. The van der Waals surface area contributed by atoms with Crippen LogP contribution in [0.5, 0.6) is 0 Å². The normalized spacial score (nSPS) is 24.0. The molecular weight excluding hydrogens is 154 g/mol. The highest BCUT2D eigenvalue weighted by atomic mass is 28.4. The Balaban J connectivity index is 2.37. The molecule has 0 radical (unpaired) electrons. The second kappa shape index (κ2) is 2.46. The molecule has 60 valence electrons. The molecule has 1 aliphatic rings. The van der Waals surface area contributed by atoms with Gasteiger partial charge in [-0.3, -0.25) is 0 Å². The minimum Gasteiger partial charge on any atom is -0.359 e. The average molecular weight is 173 g/mol. The van der Waals surface area contributed by atoms with Crippen molar-refractivity contribution in [1.29, 1.82) is 0 Å². The molecule has 0 aromatic rings. The van der Waals surface area contributed by atoms with Crippen molar-refractivity contribution < 1.29 is 0 Å². The van der Waals surface area contributed by atoms with Crippen LogP contribution in [0.4, 0.5) is 0 Å². The molecule has 3 heteroatoms. The molecule has 1 aliphatic heterocycles. The summed E-state index contributed by atoms with van der Waals surface area (Å²) in [4.78, 5) is 0. The highest BCUT2D eigenvalue weighted by molar-refractivity contribution is 6.92. The van der Waals surface area contributed by atoms with E-state index in [-0.39, 0.29) is 0 Å². The summed E-state index contributed by atoms with van der Waals surface area (Å²) in [5.74, 6) is 0. The first-order valence-corrected chi connectivity index (χ1v) is 10.6. The van der Waals surface area contributed by atoms with Crippen molar-refractivity contribution in [2.45, 2.75) is 44.7 Å². The lowest BCUT2D eigenvalue weighted by molar-refractivity contribution is 0.870. The van der Waals surface area contributed by atoms with Crippen LogP contribution in [0.3, 0.4) is 0 Å². The fourth-order valence-corrected chi connectivity index (χ4v) is 11.4. The summed E-state index contributed by atoms with van der Waals surface area (Å²) in [6, 6.07) is 3.05. The third-order valence-corrected chi connectivity index (χ3v) is 10.5. The molecule has 0 bridgehead atoms. The van der Waals surface area contributed by atoms with Crippen LogP contribution < -0.4 is 4.65 Å². The average Bonchev–Trinajstić information content (AvgIpc) is 1.57. The van der Waals surface area contributed by atoms with Gasteiger partial charge in [0.1, 0.15) is 16.5 Å². The Hall–Kier alpha value is 0.394. The molecule has 1 N–H and O–H groups in total. The van der Waals surface area contributed by atoms with Crippen LogP contribution in [0, 0.1) is 0 Å². The van der Waals surface area contributed by atoms with Gasteiger partial charge in [0.2, 0.25) is 0 Å². The highest BCUT2D eigenvalue weighted by Gasteiger charge is 2.37. The van der Waals surface area contributed by atoms with Crippen LogP contribution in [0.15, 0.2) is 0 Å². The van der Waals surface area contributed by atoms with Crippen LogP contribution in [0.1, 0.15) is 6.42 Å². The van der Waals surface area contributed by atoms with Crippen molar-refractivity contribution in [1.82, 2.24) is 4.65 Å². The Bertz CT molecular complexity index is 124. The predicted molar refractivity (Wildman–Crippen MR) is 52.3 cm³/mol. The van der Waals surface area contributed by atoms with Crippen molar-refractivity contribution >= 4 is 16.5 Å². The maximum atomic E-state index is 3.91. The van der Waals surface area contributed by atoms with Gasteiger partial charge in [0, 0.05) is 0 Å². The largest absolute Gasteiger partial charge is 0.359 e. The number of hydrogen-bond acceptors (Lipinski definition) is 1. The van der Waals surface area contributed by atoms with E-state index in [1.54, 1.807) is 0 Å². The standard InChI is InChI=1S/C7H19NSi2/c1-9(2,3)8-10(4)6-5-7-10/h8H,5-7H2,1-4H3. The van der Waals surface area contributed by atoms with E-state index in [4.69, 9.17) is 0 Å². The lowest BCUT2D eigenvalue weighted by atomic mass is 10.5. The summed E-state index contributed by atoms with van der Waals surface area (Å²) < 4.78 is 3.91. The fraction of sp³-hybridized carbons (Fsp3) is 1.00. The Morgan fingerprint density at radius 1 is 1.20 bits per heavy atom. The van der Waals surface area contributed by atoms with Gasteiger partial charge in [0.15, 0.2) is 0 Å². The van der Waals surface area contributed by atoms with Crippen molar-refractivity contribution in [2.75, 3.05) is 0 Å². The smallest absolute Gasteiger partial charge is 0.115 e. The van der Waals surface area contributed by atoms with E-state index in [2.05, 4.69) is 30.8 Å². The zero-order valence-corrected chi connectivity index (χ0v) is 9.62. The fourth-order valence-electron chi connectivity index (χ4n) is 1.74. The van der Waals surface area contributed by atoms with Crippen molar-refractivity contribution in [3.8, 4) is 0 Å². The van der Waals surface area contributed by atoms with Crippen LogP contribution in [0.25, 0.3) is 0 Å². The van der Waals surface area contributed by atoms with Crippen molar-refractivity contribution in [3.63, 3.8) is 0 Å². The molecule has 1 heterocycles. The van der Waals surface area contributed by atoms with Crippen molar-refractivity contribution in [3.05, 3.63) is 0 Å². The minimum atomic E-state index is -0.951. The van der Waals surface area contributed by atoms with Crippen molar-refractivity contribution in [2.24, 2.45) is 0 Å². The first-order valence-electron chi connectivity index (χ1n) is 4.21. The Morgan fingerprint density at radius 2 is 1.70 bits per heavy atom. The van der Waals surface area contributed by atoms with E-state index in [0.29, 0.717) is 0 Å². The summed E-state index contributed by atoms with van der Waals surface area (Å²) in [5.41, 5.74) is 0. The Kier molecular flexibility index (Phi) is 2.09. The van der Waals surface area contributed by atoms with E-state index in [9.17, 15) is 0 Å². The van der Waals surface area contributed by atoms with Crippen LogP contribution in [0.2, 0.25) is 38.3 Å². The summed E-state index contributed by atoms with van der Waals surface area (Å²) in [5, 5.41) is 0. The van der Waals surface area contributed by atoms with E-state index >= 15 is 0 Å². The first kappa shape index (κ1) is 8.49. The van der Waals surface area contributed by atoms with E-state index in [0.717, 1.165) is 0 Å². The van der Waals surface area contributed by atoms with Gasteiger partial charge in [-0.2, -0.15) is 0 Å². The van der Waals surface area contributed by atoms with Crippen LogP contribution in [-0.4, -0.2) is 16.5 Å². The Labute approximate surface area is 66.4 Å². The van der Waals surface area contributed by atoms with Gasteiger partial charge in [-0.15, -0.1) is 0 Å². The molecule has 1 fully saturated rings. The molecule has 0 amide bonds. The quantitative estimate of drug-likeness (QED) is 0.632. The number of hydrogen-bond donors (Lipinski definition) is 1. The lowest BCUT2D eigenvalue weighted by Gasteiger charge is -2.41. The molecule has 1 saturated heterocycles.